The predicted molar refractivity (Wildman–Crippen MR) is 76.7 cm³/mol. The van der Waals surface area contributed by atoms with Crippen molar-refractivity contribution in [1.29, 1.82) is 0 Å². The molecule has 0 aliphatic carbocycles. The summed E-state index contributed by atoms with van der Waals surface area (Å²) >= 11 is 0. The van der Waals surface area contributed by atoms with Crippen molar-refractivity contribution in [3.05, 3.63) is 47.5 Å². The lowest BCUT2D eigenvalue weighted by atomic mass is 10.1. The number of carbonyl (C=O) groups excluding carboxylic acids is 1. The minimum Gasteiger partial charge on any atom is -0.456 e. The number of esters is 1. The number of ether oxygens (including phenoxy) is 1. The number of aromatic nitrogens is 3. The van der Waals surface area contributed by atoms with Crippen molar-refractivity contribution in [1.82, 2.24) is 14.8 Å². The van der Waals surface area contributed by atoms with Gasteiger partial charge in [-0.3, -0.25) is 0 Å². The van der Waals surface area contributed by atoms with Crippen molar-refractivity contribution in [3.8, 4) is 0 Å². The lowest BCUT2D eigenvalue weighted by molar-refractivity contribution is 0.00694. The number of hydrogen-bond donors (Lipinski definition) is 1. The molecule has 1 heterocycles. The van der Waals surface area contributed by atoms with Crippen LogP contribution in [0.25, 0.3) is 0 Å². The zero-order valence-corrected chi connectivity index (χ0v) is 12.4. The zero-order valence-electron chi connectivity index (χ0n) is 12.4. The molecule has 1 N–H and O–H groups in total. The summed E-state index contributed by atoms with van der Waals surface area (Å²) in [5, 5.41) is 13.0. The average Bonchev–Trinajstić information content (AvgIpc) is 2.85. The van der Waals surface area contributed by atoms with Gasteiger partial charge >= 0.3 is 5.97 Å². The van der Waals surface area contributed by atoms with Crippen LogP contribution in [0.2, 0.25) is 0 Å². The molecule has 0 bridgehead atoms. The Kier molecular flexibility index (Phi) is 4.37. The van der Waals surface area contributed by atoms with Gasteiger partial charge in [-0.15, -0.1) is 0 Å². The molecule has 0 aliphatic rings. The van der Waals surface area contributed by atoms with E-state index in [9.17, 15) is 4.79 Å². The lowest BCUT2D eigenvalue weighted by Crippen LogP contribution is -2.24. The first kappa shape index (κ1) is 15.2. The Morgan fingerprint density at radius 3 is 2.76 bits per heavy atom. The number of rotatable bonds is 4. The fraction of sp³-hybridized carbons (Fsp3) is 0.400. The number of hydrogen-bond acceptors (Lipinski definition) is 5. The van der Waals surface area contributed by atoms with Crippen LogP contribution in [0.3, 0.4) is 0 Å². The third-order valence-electron chi connectivity index (χ3n) is 2.63. The quantitative estimate of drug-likeness (QED) is 0.868. The van der Waals surface area contributed by atoms with Gasteiger partial charge < -0.3 is 9.84 Å². The van der Waals surface area contributed by atoms with Crippen molar-refractivity contribution in [2.75, 3.05) is 0 Å². The molecule has 0 aliphatic heterocycles. The van der Waals surface area contributed by atoms with Gasteiger partial charge in [0.15, 0.2) is 5.82 Å². The summed E-state index contributed by atoms with van der Waals surface area (Å²) in [7, 11) is 0. The molecule has 2 rings (SSSR count). The highest BCUT2D eigenvalue weighted by molar-refractivity contribution is 5.89. The highest BCUT2D eigenvalue weighted by atomic mass is 16.6. The number of aliphatic hydroxyl groups excluding tert-OH is 1. The number of aliphatic hydroxyl groups is 1. The van der Waals surface area contributed by atoms with Crippen LogP contribution >= 0.6 is 0 Å². The van der Waals surface area contributed by atoms with Gasteiger partial charge in [0.2, 0.25) is 0 Å². The van der Waals surface area contributed by atoms with Crippen LogP contribution < -0.4 is 0 Å². The van der Waals surface area contributed by atoms with Gasteiger partial charge in [-0.1, -0.05) is 12.1 Å². The predicted octanol–water partition coefficient (Wildman–Crippen LogP) is 1.77. The van der Waals surface area contributed by atoms with Gasteiger partial charge in [0.25, 0.3) is 0 Å². The number of carbonyl (C=O) groups is 1. The van der Waals surface area contributed by atoms with Gasteiger partial charge in [0.05, 0.1) is 12.1 Å². The molecule has 0 saturated heterocycles. The summed E-state index contributed by atoms with van der Waals surface area (Å²) in [6, 6.07) is 7.19. The summed E-state index contributed by atoms with van der Waals surface area (Å²) in [5.41, 5.74) is 0.896. The molecule has 0 saturated carbocycles. The van der Waals surface area contributed by atoms with E-state index in [1.165, 1.54) is 0 Å². The third kappa shape index (κ3) is 4.39. The highest BCUT2D eigenvalue weighted by Crippen LogP contribution is 2.14. The summed E-state index contributed by atoms with van der Waals surface area (Å²) < 4.78 is 6.95. The Morgan fingerprint density at radius 2 is 2.14 bits per heavy atom. The molecular formula is C15H19N3O3. The molecule has 0 atom stereocenters. The normalized spacial score (nSPS) is 11.4. The van der Waals surface area contributed by atoms with E-state index in [1.807, 2.05) is 26.8 Å². The Hall–Kier alpha value is -2.21. The first-order valence-electron chi connectivity index (χ1n) is 6.69. The summed E-state index contributed by atoms with van der Waals surface area (Å²) in [6.45, 7) is 5.79. The summed E-state index contributed by atoms with van der Waals surface area (Å²) in [6.07, 6.45) is 1.55. The van der Waals surface area contributed by atoms with Gasteiger partial charge in [-0.05, 0) is 38.5 Å². The third-order valence-corrected chi connectivity index (χ3v) is 2.63. The van der Waals surface area contributed by atoms with Gasteiger partial charge in [-0.25, -0.2) is 14.5 Å². The smallest absolute Gasteiger partial charge is 0.338 e. The minimum atomic E-state index is -0.519. The topological polar surface area (TPSA) is 77.2 Å². The van der Waals surface area contributed by atoms with Gasteiger partial charge in [0, 0.05) is 0 Å². The zero-order chi connectivity index (χ0) is 15.5. The standard InChI is InChI=1S/C15H19N3O3/c1-15(2,3)21-14(20)12-6-4-5-11(7-12)8-18-10-16-13(9-19)17-18/h4-7,10,19H,8-9H2,1-3H3. The van der Waals surface area contributed by atoms with Gasteiger partial charge in [0.1, 0.15) is 18.5 Å². The first-order chi connectivity index (χ1) is 9.87. The van der Waals surface area contributed by atoms with Crippen molar-refractivity contribution >= 4 is 5.97 Å². The van der Waals surface area contributed by atoms with Crippen LogP contribution in [-0.4, -0.2) is 31.4 Å². The molecule has 0 spiro atoms. The van der Waals surface area contributed by atoms with Crippen molar-refractivity contribution < 1.29 is 14.6 Å². The second kappa shape index (κ2) is 6.05. The van der Waals surface area contributed by atoms with Crippen LogP contribution in [0.5, 0.6) is 0 Å². The van der Waals surface area contributed by atoms with E-state index in [-0.39, 0.29) is 12.6 Å². The molecule has 0 amide bonds. The molecule has 6 heteroatoms. The van der Waals surface area contributed by atoms with E-state index in [0.717, 1.165) is 5.56 Å². The van der Waals surface area contributed by atoms with E-state index >= 15 is 0 Å². The second-order valence-corrected chi connectivity index (χ2v) is 5.72. The largest absolute Gasteiger partial charge is 0.456 e. The summed E-state index contributed by atoms with van der Waals surface area (Å²) in [5.74, 6) is 0.0253. The lowest BCUT2D eigenvalue weighted by Gasteiger charge is -2.19. The maximum absolute atomic E-state index is 12.0. The Bertz CT molecular complexity index is 629. The van der Waals surface area contributed by atoms with Crippen LogP contribution in [0.1, 0.15) is 42.5 Å². The van der Waals surface area contributed by atoms with Gasteiger partial charge in [-0.2, -0.15) is 5.10 Å². The second-order valence-electron chi connectivity index (χ2n) is 5.72. The molecule has 0 unspecified atom stereocenters. The van der Waals surface area contributed by atoms with E-state index in [2.05, 4.69) is 10.1 Å². The van der Waals surface area contributed by atoms with Crippen LogP contribution in [0.4, 0.5) is 0 Å². The average molecular weight is 289 g/mol. The molecular weight excluding hydrogens is 270 g/mol. The molecule has 112 valence electrons. The van der Waals surface area contributed by atoms with E-state index < -0.39 is 5.60 Å². The number of nitrogens with zero attached hydrogens (tertiary/aromatic N) is 3. The fourth-order valence-electron chi connectivity index (χ4n) is 1.80. The van der Waals surface area contributed by atoms with Crippen LogP contribution in [0, 0.1) is 0 Å². The SMILES string of the molecule is CC(C)(C)OC(=O)c1cccc(Cn2cnc(CO)n2)c1. The first-order valence-corrected chi connectivity index (χ1v) is 6.69. The molecule has 1 aromatic heterocycles. The van der Waals surface area contributed by atoms with Crippen LogP contribution in [0.15, 0.2) is 30.6 Å². The van der Waals surface area contributed by atoms with E-state index in [4.69, 9.17) is 9.84 Å². The Labute approximate surface area is 123 Å². The van der Waals surface area contributed by atoms with Crippen molar-refractivity contribution in [2.45, 2.75) is 39.5 Å². The minimum absolute atomic E-state index is 0.190. The Balaban J connectivity index is 2.12. The number of benzene rings is 1. The van der Waals surface area contributed by atoms with E-state index in [0.29, 0.717) is 17.9 Å². The molecule has 0 fully saturated rings. The van der Waals surface area contributed by atoms with Crippen molar-refractivity contribution in [3.63, 3.8) is 0 Å². The Morgan fingerprint density at radius 1 is 1.38 bits per heavy atom. The van der Waals surface area contributed by atoms with E-state index in [1.54, 1.807) is 29.2 Å². The van der Waals surface area contributed by atoms with Crippen LogP contribution in [-0.2, 0) is 17.9 Å². The molecule has 2 aromatic rings. The maximum Gasteiger partial charge on any atom is 0.338 e. The molecule has 21 heavy (non-hydrogen) atoms. The molecule has 0 radical (unpaired) electrons. The fourth-order valence-corrected chi connectivity index (χ4v) is 1.80. The van der Waals surface area contributed by atoms with Crippen molar-refractivity contribution in [2.24, 2.45) is 0 Å². The highest BCUT2D eigenvalue weighted by Gasteiger charge is 2.18. The molecule has 1 aromatic carbocycles. The summed E-state index contributed by atoms with van der Waals surface area (Å²) in [4.78, 5) is 16.0. The maximum atomic E-state index is 12.0. The monoisotopic (exact) mass is 289 g/mol. The molecule has 6 nitrogen and oxygen atoms in total.